The molecule has 0 aliphatic heterocycles. The van der Waals surface area contributed by atoms with Crippen molar-refractivity contribution in [1.82, 2.24) is 10.2 Å². The number of carbonyl (C=O) groups excluding carboxylic acids is 2. The van der Waals surface area contributed by atoms with Crippen LogP contribution in [-0.4, -0.2) is 50.9 Å². The van der Waals surface area contributed by atoms with E-state index in [9.17, 15) is 18.0 Å². The number of amides is 2. The predicted octanol–water partition coefficient (Wildman–Crippen LogP) is 5.79. The molecule has 12 heteroatoms. The molecule has 214 valence electrons. The summed E-state index contributed by atoms with van der Waals surface area (Å²) in [4.78, 5) is 27.9. The first-order valence-electron chi connectivity index (χ1n) is 12.5. The van der Waals surface area contributed by atoms with Gasteiger partial charge in [0.1, 0.15) is 18.3 Å². The summed E-state index contributed by atoms with van der Waals surface area (Å²) in [7, 11) is -4.24. The molecule has 3 rings (SSSR count). The summed E-state index contributed by atoms with van der Waals surface area (Å²) in [6, 6.07) is 15.9. The van der Waals surface area contributed by atoms with E-state index >= 15 is 0 Å². The Morgan fingerprint density at radius 2 is 1.52 bits per heavy atom. The van der Waals surface area contributed by atoms with Gasteiger partial charge in [-0.1, -0.05) is 40.9 Å². The van der Waals surface area contributed by atoms with Crippen molar-refractivity contribution in [2.75, 3.05) is 24.0 Å². The molecule has 0 saturated heterocycles. The first kappa shape index (κ1) is 31.5. The second-order valence-electron chi connectivity index (χ2n) is 8.68. The molecule has 0 fully saturated rings. The van der Waals surface area contributed by atoms with Crippen LogP contribution in [0.1, 0.15) is 26.3 Å². The third-order valence-corrected chi connectivity index (χ3v) is 8.77. The smallest absolute Gasteiger partial charge is 0.264 e. The summed E-state index contributed by atoms with van der Waals surface area (Å²) in [6.45, 7) is 5.21. The van der Waals surface area contributed by atoms with Crippen LogP contribution < -0.4 is 14.4 Å². The van der Waals surface area contributed by atoms with Gasteiger partial charge in [-0.25, -0.2) is 8.42 Å². The molecule has 0 aromatic heterocycles. The average molecular weight is 627 g/mol. The molecule has 3 aromatic carbocycles. The minimum Gasteiger partial charge on any atom is -0.494 e. The number of sulfonamides is 1. The largest absolute Gasteiger partial charge is 0.494 e. The average Bonchev–Trinajstić information content (AvgIpc) is 2.92. The molecule has 1 atom stereocenters. The number of likely N-dealkylation sites (N-methyl/N-ethyl adjacent to an activating group) is 1. The highest BCUT2D eigenvalue weighted by molar-refractivity contribution is 7.92. The van der Waals surface area contributed by atoms with Crippen LogP contribution in [0.4, 0.5) is 5.69 Å². The quantitative estimate of drug-likeness (QED) is 0.274. The molecule has 40 heavy (non-hydrogen) atoms. The fraction of sp³-hybridized carbons (Fsp3) is 0.286. The van der Waals surface area contributed by atoms with Gasteiger partial charge in [-0.3, -0.25) is 13.9 Å². The molecule has 0 bridgehead atoms. The number of halogens is 3. The van der Waals surface area contributed by atoms with Crippen molar-refractivity contribution in [3.05, 3.63) is 87.4 Å². The fourth-order valence-corrected chi connectivity index (χ4v) is 5.95. The third-order valence-electron chi connectivity index (χ3n) is 6.02. The summed E-state index contributed by atoms with van der Waals surface area (Å²) < 4.78 is 34.2. The topological polar surface area (TPSA) is 96.0 Å². The van der Waals surface area contributed by atoms with Gasteiger partial charge in [0.2, 0.25) is 11.8 Å². The number of ether oxygens (including phenoxy) is 1. The lowest BCUT2D eigenvalue weighted by Crippen LogP contribution is -2.51. The lowest BCUT2D eigenvalue weighted by Gasteiger charge is -2.32. The molecule has 8 nitrogen and oxygen atoms in total. The van der Waals surface area contributed by atoms with E-state index in [1.165, 1.54) is 29.2 Å². The van der Waals surface area contributed by atoms with Gasteiger partial charge in [-0.15, -0.1) is 0 Å². The van der Waals surface area contributed by atoms with Crippen molar-refractivity contribution in [3.8, 4) is 5.75 Å². The molecule has 0 aliphatic carbocycles. The van der Waals surface area contributed by atoms with Gasteiger partial charge >= 0.3 is 0 Å². The Balaban J connectivity index is 2.06. The lowest BCUT2D eigenvalue weighted by atomic mass is 10.1. The van der Waals surface area contributed by atoms with Crippen LogP contribution in [0.5, 0.6) is 5.75 Å². The Hall–Kier alpha value is -2.98. The molecule has 0 radical (unpaired) electrons. The third kappa shape index (κ3) is 7.60. The van der Waals surface area contributed by atoms with Crippen LogP contribution in [0, 0.1) is 0 Å². The van der Waals surface area contributed by atoms with Crippen molar-refractivity contribution in [2.45, 2.75) is 38.3 Å². The Morgan fingerprint density at radius 1 is 0.925 bits per heavy atom. The van der Waals surface area contributed by atoms with Crippen LogP contribution in [0.2, 0.25) is 15.1 Å². The van der Waals surface area contributed by atoms with Gasteiger partial charge in [0.15, 0.2) is 0 Å². The summed E-state index contributed by atoms with van der Waals surface area (Å²) >= 11 is 18.7. The highest BCUT2D eigenvalue weighted by Crippen LogP contribution is 2.29. The molecule has 0 saturated carbocycles. The maximum atomic E-state index is 13.9. The van der Waals surface area contributed by atoms with E-state index < -0.39 is 34.4 Å². The minimum atomic E-state index is -4.24. The first-order valence-corrected chi connectivity index (χ1v) is 15.1. The molecule has 1 N–H and O–H groups in total. The highest BCUT2D eigenvalue weighted by Gasteiger charge is 2.33. The Labute approximate surface area is 249 Å². The second-order valence-corrected chi connectivity index (χ2v) is 11.8. The fourth-order valence-electron chi connectivity index (χ4n) is 3.90. The zero-order valence-electron chi connectivity index (χ0n) is 22.2. The van der Waals surface area contributed by atoms with E-state index in [1.807, 2.05) is 6.92 Å². The number of nitrogens with one attached hydrogen (secondary N) is 1. The van der Waals surface area contributed by atoms with Crippen LogP contribution in [0.3, 0.4) is 0 Å². The number of anilines is 1. The van der Waals surface area contributed by atoms with Crippen LogP contribution >= 0.6 is 34.8 Å². The lowest BCUT2D eigenvalue weighted by molar-refractivity contribution is -0.139. The summed E-state index contributed by atoms with van der Waals surface area (Å²) in [5.74, 6) is -0.505. The van der Waals surface area contributed by atoms with Gasteiger partial charge in [-0.2, -0.15) is 0 Å². The van der Waals surface area contributed by atoms with E-state index in [4.69, 9.17) is 39.5 Å². The normalized spacial score (nSPS) is 11.9. The summed E-state index contributed by atoms with van der Waals surface area (Å²) in [6.07, 6.45) is 0. The van der Waals surface area contributed by atoms with Crippen LogP contribution in [0.15, 0.2) is 71.6 Å². The van der Waals surface area contributed by atoms with Crippen LogP contribution in [0.25, 0.3) is 0 Å². The number of benzene rings is 3. The van der Waals surface area contributed by atoms with Crippen molar-refractivity contribution in [1.29, 1.82) is 0 Å². The van der Waals surface area contributed by atoms with E-state index in [2.05, 4.69) is 5.32 Å². The molecule has 0 aliphatic rings. The Kier molecular flexibility index (Phi) is 11.1. The molecular weight excluding hydrogens is 597 g/mol. The van der Waals surface area contributed by atoms with Gasteiger partial charge in [-0.05, 0) is 81.4 Å². The SMILES string of the molecule is CCNC(=O)[C@@H](C)N(Cc1c(Cl)cccc1Cl)C(=O)CN(c1ccc(OCC)cc1)S(=O)(=O)c1ccc(Cl)cc1. The van der Waals surface area contributed by atoms with E-state index in [0.29, 0.717) is 39.5 Å². The number of rotatable bonds is 12. The van der Waals surface area contributed by atoms with Gasteiger partial charge in [0, 0.05) is 33.7 Å². The molecule has 3 aromatic rings. The van der Waals surface area contributed by atoms with E-state index in [-0.39, 0.29) is 17.1 Å². The van der Waals surface area contributed by atoms with Crippen molar-refractivity contribution >= 4 is 62.3 Å². The zero-order chi connectivity index (χ0) is 29.4. The standard InChI is InChI=1S/C28H30Cl3N3O5S/c1-4-32-28(36)19(3)33(17-24-25(30)7-6-8-26(24)31)27(35)18-34(21-11-13-22(14-12-21)39-5-2)40(37,38)23-15-9-20(29)10-16-23/h6-16,19H,4-5,17-18H2,1-3H3,(H,32,36)/t19-/m1/s1. The summed E-state index contributed by atoms with van der Waals surface area (Å²) in [5.41, 5.74) is 0.664. The Bertz CT molecular complexity index is 1410. The maximum absolute atomic E-state index is 13.9. The molecule has 0 spiro atoms. The minimum absolute atomic E-state index is 0.0592. The van der Waals surface area contributed by atoms with Crippen molar-refractivity contribution < 1.29 is 22.7 Å². The number of carbonyl (C=O) groups is 2. The number of nitrogens with zero attached hydrogens (tertiary/aromatic N) is 2. The first-order chi connectivity index (χ1) is 19.0. The zero-order valence-corrected chi connectivity index (χ0v) is 25.3. The van der Waals surface area contributed by atoms with Gasteiger partial charge in [0.05, 0.1) is 17.2 Å². The molecule has 0 unspecified atom stereocenters. The monoisotopic (exact) mass is 625 g/mol. The Morgan fingerprint density at radius 3 is 2.08 bits per heavy atom. The van der Waals surface area contributed by atoms with Crippen molar-refractivity contribution in [3.63, 3.8) is 0 Å². The van der Waals surface area contributed by atoms with Crippen LogP contribution in [-0.2, 0) is 26.2 Å². The number of hydrogen-bond donors (Lipinski definition) is 1. The molecule has 0 heterocycles. The van der Waals surface area contributed by atoms with E-state index in [1.54, 1.807) is 56.3 Å². The van der Waals surface area contributed by atoms with Crippen molar-refractivity contribution in [2.24, 2.45) is 0 Å². The highest BCUT2D eigenvalue weighted by atomic mass is 35.5. The molecule has 2 amide bonds. The second kappa shape index (κ2) is 14.1. The van der Waals surface area contributed by atoms with Gasteiger partial charge in [0.25, 0.3) is 10.0 Å². The number of hydrogen-bond acceptors (Lipinski definition) is 5. The predicted molar refractivity (Wildman–Crippen MR) is 159 cm³/mol. The maximum Gasteiger partial charge on any atom is 0.264 e. The van der Waals surface area contributed by atoms with Gasteiger partial charge < -0.3 is 15.0 Å². The van der Waals surface area contributed by atoms with E-state index in [0.717, 1.165) is 4.31 Å². The summed E-state index contributed by atoms with van der Waals surface area (Å²) in [5, 5.41) is 3.69. The molecular formula is C28H30Cl3N3O5S.